The number of hydrogen-bond donors (Lipinski definition) is 1. The molecule has 0 amide bonds. The van der Waals surface area contributed by atoms with E-state index in [0.717, 1.165) is 11.8 Å². The smallest absolute Gasteiger partial charge is 0.287 e. The van der Waals surface area contributed by atoms with Gasteiger partial charge in [0.1, 0.15) is 23.8 Å². The summed E-state index contributed by atoms with van der Waals surface area (Å²) >= 11 is 3.34. The zero-order chi connectivity index (χ0) is 16.7. The molecule has 0 atom stereocenters. The molecule has 0 aliphatic heterocycles. The van der Waals surface area contributed by atoms with Gasteiger partial charge < -0.3 is 4.74 Å². The fourth-order valence-corrected chi connectivity index (χ4v) is 2.07. The van der Waals surface area contributed by atoms with Crippen molar-refractivity contribution in [2.75, 3.05) is 12.0 Å². The second kappa shape index (κ2) is 7.86. The quantitative estimate of drug-likeness (QED) is 0.471. The predicted molar refractivity (Wildman–Crippen MR) is 87.4 cm³/mol. The molecule has 1 aromatic carbocycles. The summed E-state index contributed by atoms with van der Waals surface area (Å²) in [5.41, 5.74) is 3.37. The van der Waals surface area contributed by atoms with Crippen molar-refractivity contribution in [3.8, 4) is 11.8 Å². The minimum atomic E-state index is -0.520. The van der Waals surface area contributed by atoms with Gasteiger partial charge in [-0.05, 0) is 45.8 Å². The Hall–Kier alpha value is -2.99. The lowest BCUT2D eigenvalue weighted by Crippen LogP contribution is -1.96. The fourth-order valence-electron chi connectivity index (χ4n) is 1.56. The summed E-state index contributed by atoms with van der Waals surface area (Å²) in [5.74, 6) is 0.952. The highest BCUT2D eigenvalue weighted by atomic mass is 79.9. The zero-order valence-corrected chi connectivity index (χ0v) is 13.2. The molecule has 0 saturated heterocycles. The van der Waals surface area contributed by atoms with Crippen LogP contribution in [-0.4, -0.2) is 22.7 Å². The van der Waals surface area contributed by atoms with Crippen molar-refractivity contribution in [1.82, 2.24) is 4.98 Å². The van der Waals surface area contributed by atoms with E-state index in [9.17, 15) is 10.1 Å². The van der Waals surface area contributed by atoms with E-state index in [0.29, 0.717) is 16.0 Å². The van der Waals surface area contributed by atoms with Gasteiger partial charge in [0.15, 0.2) is 6.61 Å². The van der Waals surface area contributed by atoms with Gasteiger partial charge in [-0.2, -0.15) is 10.4 Å². The Balaban J connectivity index is 1.99. The van der Waals surface area contributed by atoms with Gasteiger partial charge in [-0.15, -0.1) is 0 Å². The number of anilines is 1. The molecular formula is C14H10BrN5O3. The van der Waals surface area contributed by atoms with Crippen LogP contribution in [0.2, 0.25) is 0 Å². The van der Waals surface area contributed by atoms with E-state index in [1.54, 1.807) is 24.4 Å². The first-order valence-electron chi connectivity index (χ1n) is 6.29. The molecular weight excluding hydrogens is 366 g/mol. The summed E-state index contributed by atoms with van der Waals surface area (Å²) in [6.45, 7) is -0.0284. The number of halogens is 1. The number of aromatic nitrogens is 1. The van der Waals surface area contributed by atoms with Crippen LogP contribution in [0, 0.1) is 21.4 Å². The molecule has 0 saturated carbocycles. The Kier molecular flexibility index (Phi) is 5.60. The SMILES string of the molecule is N#CCOc1ccc(C=NNc2ccc([N+](=O)[O-])cn2)cc1Br. The van der Waals surface area contributed by atoms with Crippen LogP contribution in [-0.2, 0) is 0 Å². The average molecular weight is 376 g/mol. The standard InChI is InChI=1S/C14H10BrN5O3/c15-12-7-10(1-3-13(12)23-6-5-16)8-18-19-14-4-2-11(9-17-14)20(21)22/h1-4,7-9H,6H2,(H,17,19). The summed E-state index contributed by atoms with van der Waals surface area (Å²) in [6, 6.07) is 9.96. The lowest BCUT2D eigenvalue weighted by atomic mass is 10.2. The van der Waals surface area contributed by atoms with Gasteiger partial charge in [-0.1, -0.05) is 0 Å². The lowest BCUT2D eigenvalue weighted by Gasteiger charge is -2.05. The molecule has 0 fully saturated rings. The molecule has 2 aromatic rings. The summed E-state index contributed by atoms with van der Waals surface area (Å²) < 4.78 is 5.91. The maximum atomic E-state index is 10.5. The van der Waals surface area contributed by atoms with Crippen LogP contribution in [0.5, 0.6) is 5.75 Å². The van der Waals surface area contributed by atoms with Crippen molar-refractivity contribution >= 4 is 33.6 Å². The first-order valence-corrected chi connectivity index (χ1v) is 7.08. The highest BCUT2D eigenvalue weighted by Gasteiger charge is 2.04. The molecule has 9 heteroatoms. The van der Waals surface area contributed by atoms with Crippen LogP contribution in [0.15, 0.2) is 46.1 Å². The van der Waals surface area contributed by atoms with Gasteiger partial charge in [0.25, 0.3) is 5.69 Å². The maximum Gasteiger partial charge on any atom is 0.287 e. The topological polar surface area (TPSA) is 113 Å². The molecule has 0 aliphatic carbocycles. The van der Waals surface area contributed by atoms with Crippen LogP contribution in [0.1, 0.15) is 5.56 Å². The molecule has 0 unspecified atom stereocenters. The summed E-state index contributed by atoms with van der Waals surface area (Å²) in [5, 5.41) is 23.0. The maximum absolute atomic E-state index is 10.5. The Morgan fingerprint density at radius 2 is 2.30 bits per heavy atom. The van der Waals surface area contributed by atoms with E-state index < -0.39 is 4.92 Å². The summed E-state index contributed by atoms with van der Waals surface area (Å²) in [6.07, 6.45) is 2.71. The average Bonchev–Trinajstić information content (AvgIpc) is 2.54. The Morgan fingerprint density at radius 3 is 2.91 bits per heavy atom. The second-order valence-corrected chi connectivity index (χ2v) is 5.02. The van der Waals surface area contributed by atoms with Crippen molar-refractivity contribution in [1.29, 1.82) is 5.26 Å². The van der Waals surface area contributed by atoms with E-state index in [1.807, 2.05) is 6.07 Å². The van der Waals surface area contributed by atoms with Crippen molar-refractivity contribution < 1.29 is 9.66 Å². The zero-order valence-electron chi connectivity index (χ0n) is 11.6. The molecule has 0 spiro atoms. The first-order chi connectivity index (χ1) is 11.1. The van der Waals surface area contributed by atoms with Crippen molar-refractivity contribution in [3.05, 3.63) is 56.7 Å². The van der Waals surface area contributed by atoms with Crippen LogP contribution in [0.4, 0.5) is 11.5 Å². The van der Waals surface area contributed by atoms with Crippen molar-refractivity contribution in [2.24, 2.45) is 5.10 Å². The number of nitro groups is 1. The highest BCUT2D eigenvalue weighted by Crippen LogP contribution is 2.25. The molecule has 1 N–H and O–H groups in total. The van der Waals surface area contributed by atoms with Gasteiger partial charge >= 0.3 is 0 Å². The Morgan fingerprint density at radius 1 is 1.48 bits per heavy atom. The predicted octanol–water partition coefficient (Wildman–Crippen LogP) is 3.10. The summed E-state index contributed by atoms with van der Waals surface area (Å²) in [7, 11) is 0. The monoisotopic (exact) mass is 375 g/mol. The Labute approximate surface area is 139 Å². The van der Waals surface area contributed by atoms with E-state index in [-0.39, 0.29) is 12.3 Å². The minimum Gasteiger partial charge on any atom is -0.478 e. The number of nitrogens with zero attached hydrogens (tertiary/aromatic N) is 4. The van der Waals surface area contributed by atoms with Gasteiger partial charge in [0.05, 0.1) is 15.6 Å². The van der Waals surface area contributed by atoms with Crippen molar-refractivity contribution in [2.45, 2.75) is 0 Å². The molecule has 0 aliphatic rings. The van der Waals surface area contributed by atoms with Gasteiger partial charge in [-0.25, -0.2) is 4.98 Å². The fraction of sp³-hybridized carbons (Fsp3) is 0.0714. The number of hydrazone groups is 1. The number of hydrogen-bond acceptors (Lipinski definition) is 7. The van der Waals surface area contributed by atoms with Crippen LogP contribution in [0.25, 0.3) is 0 Å². The molecule has 0 bridgehead atoms. The molecule has 8 nitrogen and oxygen atoms in total. The molecule has 116 valence electrons. The van der Waals surface area contributed by atoms with Gasteiger partial charge in [0, 0.05) is 6.07 Å². The first kappa shape index (κ1) is 16.4. The third kappa shape index (κ3) is 4.76. The third-order valence-corrected chi connectivity index (χ3v) is 3.22. The van der Waals surface area contributed by atoms with E-state index in [4.69, 9.17) is 10.00 Å². The molecule has 23 heavy (non-hydrogen) atoms. The van der Waals surface area contributed by atoms with E-state index >= 15 is 0 Å². The second-order valence-electron chi connectivity index (χ2n) is 4.17. The Bertz CT molecular complexity index is 771. The number of nitrogens with one attached hydrogen (secondary N) is 1. The number of pyridine rings is 1. The minimum absolute atomic E-state index is 0.0284. The van der Waals surface area contributed by atoms with Gasteiger partial charge in [-0.3, -0.25) is 15.5 Å². The number of nitriles is 1. The van der Waals surface area contributed by atoms with E-state index in [1.165, 1.54) is 12.1 Å². The largest absolute Gasteiger partial charge is 0.478 e. The molecule has 2 rings (SSSR count). The van der Waals surface area contributed by atoms with Crippen LogP contribution < -0.4 is 10.2 Å². The normalized spacial score (nSPS) is 10.3. The molecule has 1 heterocycles. The van der Waals surface area contributed by atoms with Crippen molar-refractivity contribution in [3.63, 3.8) is 0 Å². The van der Waals surface area contributed by atoms with Crippen LogP contribution in [0.3, 0.4) is 0 Å². The molecule has 0 radical (unpaired) electrons. The third-order valence-electron chi connectivity index (χ3n) is 2.60. The summed E-state index contributed by atoms with van der Waals surface area (Å²) in [4.78, 5) is 13.9. The molecule has 1 aromatic heterocycles. The van der Waals surface area contributed by atoms with E-state index in [2.05, 4.69) is 31.4 Å². The van der Waals surface area contributed by atoms with Gasteiger partial charge in [0.2, 0.25) is 0 Å². The lowest BCUT2D eigenvalue weighted by molar-refractivity contribution is -0.385. The van der Waals surface area contributed by atoms with Crippen LogP contribution >= 0.6 is 15.9 Å². The highest BCUT2D eigenvalue weighted by molar-refractivity contribution is 9.10. The number of benzene rings is 1. The number of rotatable bonds is 6. The number of ether oxygens (including phenoxy) is 1.